The van der Waals surface area contributed by atoms with Gasteiger partial charge in [-0.15, -0.1) is 0 Å². The van der Waals surface area contributed by atoms with Crippen LogP contribution in [0.5, 0.6) is 0 Å². The average molecular weight is 426 g/mol. The molecule has 5 aromatic rings. The average Bonchev–Trinajstić information content (AvgIpc) is 3.24. The number of benzene rings is 3. The first kappa shape index (κ1) is 19.0. The first-order valence-electron chi connectivity index (χ1n) is 9.65. The summed E-state index contributed by atoms with van der Waals surface area (Å²) in [5, 5.41) is 6.44. The molecule has 2 heterocycles. The van der Waals surface area contributed by atoms with Crippen LogP contribution in [0.15, 0.2) is 94.4 Å². The van der Waals surface area contributed by atoms with Crippen molar-refractivity contribution in [3.8, 4) is 11.5 Å². The SMILES string of the molecule is O=C(N/N=C/c1ccc(Cl)cc1)c1cc(-c2cc3ccccc3o2)nc2ccccc12. The van der Waals surface area contributed by atoms with Crippen LogP contribution in [0.1, 0.15) is 15.9 Å². The van der Waals surface area contributed by atoms with Crippen molar-refractivity contribution in [2.24, 2.45) is 5.10 Å². The molecule has 0 atom stereocenters. The van der Waals surface area contributed by atoms with E-state index >= 15 is 0 Å². The van der Waals surface area contributed by atoms with E-state index in [0.717, 1.165) is 21.9 Å². The fraction of sp³-hybridized carbons (Fsp3) is 0. The highest BCUT2D eigenvalue weighted by Crippen LogP contribution is 2.29. The van der Waals surface area contributed by atoms with Gasteiger partial charge in [0.05, 0.1) is 17.3 Å². The van der Waals surface area contributed by atoms with Gasteiger partial charge in [0.1, 0.15) is 11.3 Å². The summed E-state index contributed by atoms with van der Waals surface area (Å²) in [6, 6.07) is 26.1. The van der Waals surface area contributed by atoms with E-state index in [4.69, 9.17) is 21.0 Å². The van der Waals surface area contributed by atoms with Gasteiger partial charge in [-0.3, -0.25) is 4.79 Å². The minimum Gasteiger partial charge on any atom is -0.454 e. The molecule has 0 saturated heterocycles. The van der Waals surface area contributed by atoms with Crippen molar-refractivity contribution in [1.29, 1.82) is 0 Å². The molecule has 0 unspecified atom stereocenters. The summed E-state index contributed by atoms with van der Waals surface area (Å²) in [6.07, 6.45) is 1.57. The van der Waals surface area contributed by atoms with Gasteiger partial charge in [-0.25, -0.2) is 10.4 Å². The number of nitrogens with one attached hydrogen (secondary N) is 1. The molecule has 6 heteroatoms. The number of nitrogens with zero attached hydrogens (tertiary/aromatic N) is 2. The minimum atomic E-state index is -0.332. The third-order valence-corrected chi connectivity index (χ3v) is 5.14. The lowest BCUT2D eigenvalue weighted by Crippen LogP contribution is -2.18. The summed E-state index contributed by atoms with van der Waals surface area (Å²) >= 11 is 5.90. The Labute approximate surface area is 183 Å². The van der Waals surface area contributed by atoms with E-state index in [2.05, 4.69) is 10.5 Å². The summed E-state index contributed by atoms with van der Waals surface area (Å²) < 4.78 is 5.95. The number of hydrogen-bond acceptors (Lipinski definition) is 4. The molecule has 0 aliphatic heterocycles. The number of carbonyl (C=O) groups excluding carboxylic acids is 1. The molecule has 31 heavy (non-hydrogen) atoms. The standard InChI is InChI=1S/C25H16ClN3O2/c26-18-11-9-16(10-12-18)15-27-29-25(30)20-14-22(28-21-7-3-2-6-19(20)21)24-13-17-5-1-4-8-23(17)31-24/h1-15H,(H,29,30)/b27-15+. The Morgan fingerprint density at radius 1 is 0.968 bits per heavy atom. The summed E-state index contributed by atoms with van der Waals surface area (Å²) in [5.41, 5.74) is 5.95. The van der Waals surface area contributed by atoms with Crippen molar-refractivity contribution < 1.29 is 9.21 Å². The molecule has 0 fully saturated rings. The molecule has 3 aromatic carbocycles. The maximum Gasteiger partial charge on any atom is 0.272 e. The van der Waals surface area contributed by atoms with Gasteiger partial charge in [0.15, 0.2) is 5.76 Å². The normalized spacial score (nSPS) is 11.4. The zero-order valence-electron chi connectivity index (χ0n) is 16.2. The summed E-state index contributed by atoms with van der Waals surface area (Å²) in [7, 11) is 0. The third-order valence-electron chi connectivity index (χ3n) is 4.89. The topological polar surface area (TPSA) is 67.5 Å². The number of rotatable bonds is 4. The highest BCUT2D eigenvalue weighted by atomic mass is 35.5. The van der Waals surface area contributed by atoms with E-state index in [0.29, 0.717) is 27.6 Å². The summed E-state index contributed by atoms with van der Waals surface area (Å²) in [4.78, 5) is 17.6. The second kappa shape index (κ2) is 8.05. The van der Waals surface area contributed by atoms with Crippen molar-refractivity contribution in [2.45, 2.75) is 0 Å². The Morgan fingerprint density at radius 2 is 1.74 bits per heavy atom. The van der Waals surface area contributed by atoms with Crippen molar-refractivity contribution in [3.63, 3.8) is 0 Å². The number of pyridine rings is 1. The van der Waals surface area contributed by atoms with Crippen LogP contribution >= 0.6 is 11.6 Å². The Morgan fingerprint density at radius 3 is 2.58 bits per heavy atom. The maximum atomic E-state index is 13.0. The Balaban J connectivity index is 1.51. The van der Waals surface area contributed by atoms with Gasteiger partial charge in [-0.1, -0.05) is 60.1 Å². The van der Waals surface area contributed by atoms with Crippen molar-refractivity contribution >= 4 is 45.6 Å². The fourth-order valence-corrected chi connectivity index (χ4v) is 3.50. The Hall–Kier alpha value is -3.96. The number of fused-ring (bicyclic) bond motifs is 2. The number of aromatic nitrogens is 1. The molecule has 1 amide bonds. The number of amides is 1. The molecule has 0 radical (unpaired) electrons. The molecule has 0 aliphatic carbocycles. The van der Waals surface area contributed by atoms with Crippen LogP contribution in [-0.2, 0) is 0 Å². The van der Waals surface area contributed by atoms with E-state index < -0.39 is 0 Å². The zero-order valence-corrected chi connectivity index (χ0v) is 17.0. The van der Waals surface area contributed by atoms with E-state index in [9.17, 15) is 4.79 Å². The van der Waals surface area contributed by atoms with Crippen LogP contribution in [0.4, 0.5) is 0 Å². The predicted molar refractivity (Wildman–Crippen MR) is 123 cm³/mol. The molecular weight excluding hydrogens is 410 g/mol. The number of hydrogen-bond donors (Lipinski definition) is 1. The quantitative estimate of drug-likeness (QED) is 0.281. The lowest BCUT2D eigenvalue weighted by molar-refractivity contribution is 0.0956. The minimum absolute atomic E-state index is 0.332. The number of para-hydroxylation sites is 2. The van der Waals surface area contributed by atoms with Gasteiger partial charge in [-0.05, 0) is 42.0 Å². The molecule has 5 nitrogen and oxygen atoms in total. The summed E-state index contributed by atoms with van der Waals surface area (Å²) in [5.74, 6) is 0.270. The van der Waals surface area contributed by atoms with Gasteiger partial charge in [-0.2, -0.15) is 5.10 Å². The van der Waals surface area contributed by atoms with Gasteiger partial charge < -0.3 is 4.42 Å². The molecular formula is C25H16ClN3O2. The second-order valence-electron chi connectivity index (χ2n) is 6.97. The van der Waals surface area contributed by atoms with E-state index in [-0.39, 0.29) is 5.91 Å². The lowest BCUT2D eigenvalue weighted by Gasteiger charge is -2.07. The third kappa shape index (κ3) is 3.91. The van der Waals surface area contributed by atoms with E-state index in [1.807, 2.05) is 66.7 Å². The first-order valence-corrected chi connectivity index (χ1v) is 10.0. The van der Waals surface area contributed by atoms with E-state index in [1.54, 1.807) is 24.4 Å². The van der Waals surface area contributed by atoms with Crippen LogP contribution in [0.2, 0.25) is 5.02 Å². The van der Waals surface area contributed by atoms with Crippen molar-refractivity contribution in [1.82, 2.24) is 10.4 Å². The maximum absolute atomic E-state index is 13.0. The van der Waals surface area contributed by atoms with Crippen LogP contribution in [0.25, 0.3) is 33.3 Å². The second-order valence-corrected chi connectivity index (χ2v) is 7.41. The van der Waals surface area contributed by atoms with Crippen molar-refractivity contribution in [2.75, 3.05) is 0 Å². The Kier molecular flexibility index (Phi) is 4.94. The molecule has 2 aromatic heterocycles. The molecule has 150 valence electrons. The summed E-state index contributed by atoms with van der Waals surface area (Å²) in [6.45, 7) is 0. The van der Waals surface area contributed by atoms with Crippen molar-refractivity contribution in [3.05, 3.63) is 101 Å². The highest BCUT2D eigenvalue weighted by Gasteiger charge is 2.15. The smallest absolute Gasteiger partial charge is 0.272 e. The molecule has 0 saturated carbocycles. The van der Waals surface area contributed by atoms with Crippen LogP contribution in [0, 0.1) is 0 Å². The highest BCUT2D eigenvalue weighted by molar-refractivity contribution is 6.30. The van der Waals surface area contributed by atoms with Gasteiger partial charge >= 0.3 is 0 Å². The number of halogens is 1. The fourth-order valence-electron chi connectivity index (χ4n) is 3.37. The molecule has 0 aliphatic rings. The number of hydrazone groups is 1. The van der Waals surface area contributed by atoms with Crippen LogP contribution in [0.3, 0.4) is 0 Å². The Bertz CT molecular complexity index is 1410. The van der Waals surface area contributed by atoms with Gasteiger partial charge in [0, 0.05) is 15.8 Å². The molecule has 1 N–H and O–H groups in total. The van der Waals surface area contributed by atoms with Gasteiger partial charge in [0.2, 0.25) is 0 Å². The molecule has 0 bridgehead atoms. The van der Waals surface area contributed by atoms with Crippen LogP contribution < -0.4 is 5.43 Å². The van der Waals surface area contributed by atoms with Gasteiger partial charge in [0.25, 0.3) is 5.91 Å². The molecule has 0 spiro atoms. The molecule has 5 rings (SSSR count). The first-order chi connectivity index (χ1) is 15.2. The lowest BCUT2D eigenvalue weighted by atomic mass is 10.1. The van der Waals surface area contributed by atoms with Crippen LogP contribution in [-0.4, -0.2) is 17.1 Å². The number of carbonyl (C=O) groups is 1. The predicted octanol–water partition coefficient (Wildman–Crippen LogP) is 6.07. The largest absolute Gasteiger partial charge is 0.454 e. The zero-order chi connectivity index (χ0) is 21.2. The number of furan rings is 1. The van der Waals surface area contributed by atoms with E-state index in [1.165, 1.54) is 0 Å². The monoisotopic (exact) mass is 425 g/mol.